The largest absolute Gasteiger partial charge is 0.480 e. The summed E-state index contributed by atoms with van der Waals surface area (Å²) in [5, 5.41) is 16.7. The van der Waals surface area contributed by atoms with Crippen LogP contribution in [0.4, 0.5) is 10.5 Å². The second-order valence-corrected chi connectivity index (χ2v) is 6.87. The molecule has 0 radical (unpaired) electrons. The van der Waals surface area contributed by atoms with Crippen molar-refractivity contribution < 1.29 is 19.4 Å². The Bertz CT molecular complexity index is 726. The monoisotopic (exact) mass is 360 g/mol. The minimum atomic E-state index is -1.02. The minimum Gasteiger partial charge on any atom is -0.480 e. The number of anilines is 1. The Hall–Kier alpha value is -2.38. The Morgan fingerprint density at radius 2 is 2.00 bits per heavy atom. The van der Waals surface area contributed by atoms with E-state index in [0.29, 0.717) is 31.7 Å². The topological polar surface area (TPSA) is 87.7 Å². The van der Waals surface area contributed by atoms with Crippen molar-refractivity contribution in [3.05, 3.63) is 41.8 Å². The van der Waals surface area contributed by atoms with Crippen molar-refractivity contribution in [3.8, 4) is 10.4 Å². The summed E-state index contributed by atoms with van der Waals surface area (Å²) in [6.45, 7) is 1.06. The number of carboxylic acid groups (broad SMARTS) is 1. The third kappa shape index (κ3) is 4.58. The molecular weight excluding hydrogens is 340 g/mol. The number of carbonyl (C=O) groups is 2. The molecule has 2 heterocycles. The first kappa shape index (κ1) is 17.4. The molecule has 1 saturated heterocycles. The van der Waals surface area contributed by atoms with Crippen molar-refractivity contribution in [2.45, 2.75) is 18.9 Å². The average Bonchev–Trinajstić information content (AvgIpc) is 3.15. The van der Waals surface area contributed by atoms with Crippen LogP contribution in [0.5, 0.6) is 0 Å². The van der Waals surface area contributed by atoms with Gasteiger partial charge in [-0.1, -0.05) is 18.2 Å². The molecule has 6 nitrogen and oxygen atoms in total. The number of benzene rings is 1. The van der Waals surface area contributed by atoms with Gasteiger partial charge in [-0.05, 0) is 47.9 Å². The van der Waals surface area contributed by atoms with Gasteiger partial charge in [-0.25, -0.2) is 9.59 Å². The van der Waals surface area contributed by atoms with Crippen molar-refractivity contribution in [1.29, 1.82) is 0 Å². The number of thiophene rings is 1. The molecule has 3 N–H and O–H groups in total. The molecule has 0 saturated carbocycles. The van der Waals surface area contributed by atoms with Crippen LogP contribution in [0.3, 0.4) is 0 Å². The number of urea groups is 1. The normalized spacial score (nSPS) is 16.2. The highest BCUT2D eigenvalue weighted by Gasteiger charge is 2.31. The molecule has 1 aromatic carbocycles. The molecule has 1 atom stereocenters. The summed E-state index contributed by atoms with van der Waals surface area (Å²) in [5.41, 5.74) is 1.63. The molecule has 1 aromatic heterocycles. The van der Waals surface area contributed by atoms with Gasteiger partial charge in [0, 0.05) is 23.8 Å². The summed E-state index contributed by atoms with van der Waals surface area (Å²) in [6.07, 6.45) is 1.26. The number of amides is 2. The maximum atomic E-state index is 12.3. The lowest BCUT2D eigenvalue weighted by atomic mass is 9.92. The summed E-state index contributed by atoms with van der Waals surface area (Å²) in [6, 6.07) is 10.0. The summed E-state index contributed by atoms with van der Waals surface area (Å²) < 4.78 is 5.26. The average molecular weight is 360 g/mol. The maximum Gasteiger partial charge on any atom is 0.326 e. The quantitative estimate of drug-likeness (QED) is 0.762. The van der Waals surface area contributed by atoms with Crippen LogP contribution in [-0.4, -0.2) is 36.4 Å². The number of rotatable bonds is 5. The third-order valence-corrected chi connectivity index (χ3v) is 5.14. The Kier molecular flexibility index (Phi) is 5.67. The molecular formula is C18H20N2O4S. The molecule has 0 spiro atoms. The number of hydrogen-bond donors (Lipinski definition) is 3. The summed E-state index contributed by atoms with van der Waals surface area (Å²) >= 11 is 1.62. The van der Waals surface area contributed by atoms with Crippen LogP contribution in [0.25, 0.3) is 10.4 Å². The SMILES string of the molecule is O=C(Nc1cccc(-c2cccs2)c1)NC(C(=O)O)C1CCOCC1. The van der Waals surface area contributed by atoms with Crippen LogP contribution in [0, 0.1) is 5.92 Å². The molecule has 1 aliphatic rings. The van der Waals surface area contributed by atoms with Gasteiger partial charge in [0.1, 0.15) is 6.04 Å². The van der Waals surface area contributed by atoms with E-state index in [1.807, 2.05) is 35.7 Å². The number of carboxylic acids is 1. The van der Waals surface area contributed by atoms with Crippen molar-refractivity contribution in [1.82, 2.24) is 5.32 Å². The summed E-state index contributed by atoms with van der Waals surface area (Å²) in [7, 11) is 0. The van der Waals surface area contributed by atoms with Gasteiger partial charge in [0.15, 0.2) is 0 Å². The van der Waals surface area contributed by atoms with Gasteiger partial charge in [-0.2, -0.15) is 0 Å². The molecule has 1 aliphatic heterocycles. The van der Waals surface area contributed by atoms with Gasteiger partial charge < -0.3 is 20.5 Å². The highest BCUT2D eigenvalue weighted by Crippen LogP contribution is 2.26. The standard InChI is InChI=1S/C18H20N2O4S/c21-17(22)16(12-6-8-24-9-7-12)20-18(23)19-14-4-1-3-13(11-14)15-5-2-10-25-15/h1-5,10-12,16H,6-9H2,(H,21,22)(H2,19,20,23). The highest BCUT2D eigenvalue weighted by molar-refractivity contribution is 7.13. The molecule has 7 heteroatoms. The van der Waals surface area contributed by atoms with Crippen LogP contribution < -0.4 is 10.6 Å². The van der Waals surface area contributed by atoms with Gasteiger partial charge in [-0.3, -0.25) is 0 Å². The molecule has 132 valence electrons. The number of ether oxygens (including phenoxy) is 1. The number of nitrogens with one attached hydrogen (secondary N) is 2. The van der Waals surface area contributed by atoms with E-state index in [1.165, 1.54) is 0 Å². The molecule has 3 rings (SSSR count). The number of carbonyl (C=O) groups excluding carboxylic acids is 1. The molecule has 25 heavy (non-hydrogen) atoms. The Morgan fingerprint density at radius 1 is 1.20 bits per heavy atom. The van der Waals surface area contributed by atoms with E-state index in [1.54, 1.807) is 17.4 Å². The van der Waals surface area contributed by atoms with Gasteiger partial charge in [0.2, 0.25) is 0 Å². The lowest BCUT2D eigenvalue weighted by molar-refractivity contribution is -0.141. The molecule has 2 amide bonds. The zero-order valence-electron chi connectivity index (χ0n) is 13.6. The van der Waals surface area contributed by atoms with E-state index < -0.39 is 18.0 Å². The number of aliphatic carboxylic acids is 1. The van der Waals surface area contributed by atoms with Gasteiger partial charge >= 0.3 is 12.0 Å². The Balaban J connectivity index is 1.65. The second-order valence-electron chi connectivity index (χ2n) is 5.92. The van der Waals surface area contributed by atoms with E-state index in [0.717, 1.165) is 10.4 Å². The zero-order valence-corrected chi connectivity index (χ0v) is 14.4. The van der Waals surface area contributed by atoms with Crippen molar-refractivity contribution in [3.63, 3.8) is 0 Å². The fourth-order valence-corrected chi connectivity index (χ4v) is 3.66. The predicted molar refractivity (Wildman–Crippen MR) is 96.9 cm³/mol. The lowest BCUT2D eigenvalue weighted by Crippen LogP contribution is -2.48. The lowest BCUT2D eigenvalue weighted by Gasteiger charge is -2.28. The predicted octanol–water partition coefficient (Wildman–Crippen LogP) is 3.42. The molecule has 0 aliphatic carbocycles. The minimum absolute atomic E-state index is 0.116. The van der Waals surface area contributed by atoms with Gasteiger partial charge in [0.05, 0.1) is 0 Å². The third-order valence-electron chi connectivity index (χ3n) is 4.22. The summed E-state index contributed by atoms with van der Waals surface area (Å²) in [5.74, 6) is -1.14. The Labute approximate surface area is 149 Å². The first-order valence-electron chi connectivity index (χ1n) is 8.15. The summed E-state index contributed by atoms with van der Waals surface area (Å²) in [4.78, 5) is 24.9. The van der Waals surface area contributed by atoms with E-state index in [9.17, 15) is 14.7 Å². The first-order chi connectivity index (χ1) is 12.1. The van der Waals surface area contributed by atoms with Crippen LogP contribution >= 0.6 is 11.3 Å². The van der Waals surface area contributed by atoms with Crippen LogP contribution in [0.15, 0.2) is 41.8 Å². The van der Waals surface area contributed by atoms with E-state index in [2.05, 4.69) is 10.6 Å². The van der Waals surface area contributed by atoms with Crippen molar-refractivity contribution in [2.75, 3.05) is 18.5 Å². The molecule has 0 bridgehead atoms. The highest BCUT2D eigenvalue weighted by atomic mass is 32.1. The zero-order chi connectivity index (χ0) is 17.6. The van der Waals surface area contributed by atoms with Crippen LogP contribution in [0.1, 0.15) is 12.8 Å². The van der Waals surface area contributed by atoms with E-state index >= 15 is 0 Å². The van der Waals surface area contributed by atoms with Crippen LogP contribution in [-0.2, 0) is 9.53 Å². The fraction of sp³-hybridized carbons (Fsp3) is 0.333. The van der Waals surface area contributed by atoms with E-state index in [4.69, 9.17) is 4.74 Å². The molecule has 2 aromatic rings. The first-order valence-corrected chi connectivity index (χ1v) is 9.03. The maximum absolute atomic E-state index is 12.3. The van der Waals surface area contributed by atoms with Gasteiger partial charge in [-0.15, -0.1) is 11.3 Å². The molecule has 1 unspecified atom stereocenters. The Morgan fingerprint density at radius 3 is 2.68 bits per heavy atom. The van der Waals surface area contributed by atoms with Crippen molar-refractivity contribution >= 4 is 29.0 Å². The second kappa shape index (κ2) is 8.13. The van der Waals surface area contributed by atoms with Crippen LogP contribution in [0.2, 0.25) is 0 Å². The fourth-order valence-electron chi connectivity index (χ4n) is 2.93. The number of hydrogen-bond acceptors (Lipinski definition) is 4. The smallest absolute Gasteiger partial charge is 0.326 e. The van der Waals surface area contributed by atoms with E-state index in [-0.39, 0.29) is 5.92 Å². The molecule has 1 fully saturated rings. The van der Waals surface area contributed by atoms with Crippen molar-refractivity contribution in [2.24, 2.45) is 5.92 Å². The van der Waals surface area contributed by atoms with Gasteiger partial charge in [0.25, 0.3) is 0 Å².